The van der Waals surface area contributed by atoms with E-state index in [9.17, 15) is 14.4 Å². The molecule has 0 aliphatic heterocycles. The molecule has 28 heavy (non-hydrogen) atoms. The first kappa shape index (κ1) is 21.8. The molecular weight excluding hydrogens is 380 g/mol. The first-order chi connectivity index (χ1) is 13.3. The van der Waals surface area contributed by atoms with Crippen LogP contribution in [-0.4, -0.2) is 60.5 Å². The van der Waals surface area contributed by atoms with E-state index in [1.807, 2.05) is 5.38 Å². The Balaban J connectivity index is 2.34. The Morgan fingerprint density at radius 1 is 1.29 bits per heavy atom. The van der Waals surface area contributed by atoms with Gasteiger partial charge in [0.05, 0.1) is 24.1 Å². The Labute approximate surface area is 168 Å². The molecule has 1 unspecified atom stereocenters. The van der Waals surface area contributed by atoms with E-state index in [2.05, 4.69) is 4.98 Å². The summed E-state index contributed by atoms with van der Waals surface area (Å²) in [6, 6.07) is 2.81. The van der Waals surface area contributed by atoms with Gasteiger partial charge in [-0.05, 0) is 44.7 Å². The lowest BCUT2D eigenvalue weighted by molar-refractivity contribution is 0.0518. The molecule has 7 nitrogen and oxygen atoms in total. The second-order valence-corrected chi connectivity index (χ2v) is 7.30. The molecule has 2 aromatic rings. The molecule has 2 heterocycles. The summed E-state index contributed by atoms with van der Waals surface area (Å²) >= 11 is 1.33. The molecule has 0 saturated carbocycles. The van der Waals surface area contributed by atoms with Crippen LogP contribution >= 0.6 is 11.3 Å². The number of methoxy groups -OCH3 is 1. The van der Waals surface area contributed by atoms with Gasteiger partial charge in [0.25, 0.3) is 5.91 Å². The summed E-state index contributed by atoms with van der Waals surface area (Å²) in [5.74, 6) is -0.951. The minimum atomic E-state index is -0.715. The van der Waals surface area contributed by atoms with Gasteiger partial charge < -0.3 is 19.4 Å². The number of rotatable bonds is 9. The molecule has 0 fully saturated rings. The predicted octanol–water partition coefficient (Wildman–Crippen LogP) is 3.23. The fourth-order valence-corrected chi connectivity index (χ4v) is 3.76. The predicted molar refractivity (Wildman–Crippen MR) is 107 cm³/mol. The van der Waals surface area contributed by atoms with Gasteiger partial charge in [-0.25, -0.2) is 4.79 Å². The van der Waals surface area contributed by atoms with Crippen LogP contribution in [0, 0.1) is 13.8 Å². The van der Waals surface area contributed by atoms with Gasteiger partial charge >= 0.3 is 5.97 Å². The Hall–Kier alpha value is -2.45. The number of nitrogens with zero attached hydrogens (tertiary/aromatic N) is 1. The highest BCUT2D eigenvalue weighted by Crippen LogP contribution is 2.23. The summed E-state index contributed by atoms with van der Waals surface area (Å²) in [6.45, 7) is 7.70. The molecule has 0 aromatic carbocycles. The van der Waals surface area contributed by atoms with Crippen molar-refractivity contribution >= 4 is 29.0 Å². The summed E-state index contributed by atoms with van der Waals surface area (Å²) in [7, 11) is 1.55. The van der Waals surface area contributed by atoms with E-state index in [-0.39, 0.29) is 30.5 Å². The SMILES string of the molecule is CCOC(=O)c1[nH]c(C)c(C(=O)C(C)N(CCOC)C(=O)c2cccs2)c1C. The van der Waals surface area contributed by atoms with Crippen LogP contribution < -0.4 is 0 Å². The van der Waals surface area contributed by atoms with E-state index >= 15 is 0 Å². The van der Waals surface area contributed by atoms with E-state index in [0.717, 1.165) is 0 Å². The maximum Gasteiger partial charge on any atom is 0.355 e. The number of carbonyl (C=O) groups is 3. The standard InChI is InChI=1S/C20H26N2O5S/c1-6-27-20(25)17-12(2)16(13(3)21-17)18(23)14(4)22(9-10-26-5)19(24)15-8-7-11-28-15/h7-8,11,14,21H,6,9-10H2,1-5H3. The first-order valence-electron chi connectivity index (χ1n) is 9.07. The Morgan fingerprint density at radius 3 is 2.57 bits per heavy atom. The van der Waals surface area contributed by atoms with Crippen LogP contribution in [-0.2, 0) is 9.47 Å². The summed E-state index contributed by atoms with van der Waals surface area (Å²) in [4.78, 5) is 43.3. The van der Waals surface area contributed by atoms with Crippen molar-refractivity contribution in [3.8, 4) is 0 Å². The zero-order valence-corrected chi connectivity index (χ0v) is 17.6. The molecule has 152 valence electrons. The highest BCUT2D eigenvalue weighted by Gasteiger charge is 2.31. The number of carbonyl (C=O) groups excluding carboxylic acids is 3. The molecule has 0 saturated heterocycles. The Kier molecular flexibility index (Phi) is 7.53. The average molecular weight is 407 g/mol. The van der Waals surface area contributed by atoms with Gasteiger partial charge in [0.1, 0.15) is 5.69 Å². The number of thiophene rings is 1. The highest BCUT2D eigenvalue weighted by molar-refractivity contribution is 7.12. The van der Waals surface area contributed by atoms with Crippen molar-refractivity contribution < 1.29 is 23.9 Å². The van der Waals surface area contributed by atoms with Crippen LogP contribution in [0.25, 0.3) is 0 Å². The third-order valence-corrected chi connectivity index (χ3v) is 5.40. The Bertz CT molecular complexity index is 841. The molecule has 8 heteroatoms. The summed E-state index contributed by atoms with van der Waals surface area (Å²) in [5.41, 5.74) is 1.79. The number of ketones is 1. The second-order valence-electron chi connectivity index (χ2n) is 6.35. The number of hydrogen-bond acceptors (Lipinski definition) is 6. The van der Waals surface area contributed by atoms with Gasteiger partial charge in [-0.3, -0.25) is 9.59 Å². The lowest BCUT2D eigenvalue weighted by Gasteiger charge is -2.28. The van der Waals surface area contributed by atoms with Gasteiger partial charge in [0.15, 0.2) is 5.78 Å². The number of ether oxygens (including phenoxy) is 2. The lowest BCUT2D eigenvalue weighted by Crippen LogP contribution is -2.45. The second kappa shape index (κ2) is 9.66. The molecule has 0 aliphatic rings. The van der Waals surface area contributed by atoms with Gasteiger partial charge in [0, 0.05) is 24.9 Å². The number of aromatic amines is 1. The molecule has 1 atom stereocenters. The molecule has 0 bridgehead atoms. The van der Waals surface area contributed by atoms with E-state index in [1.165, 1.54) is 16.2 Å². The van der Waals surface area contributed by atoms with Crippen LogP contribution in [0.5, 0.6) is 0 Å². The highest BCUT2D eigenvalue weighted by atomic mass is 32.1. The van der Waals surface area contributed by atoms with Gasteiger partial charge in [0.2, 0.25) is 0 Å². The Morgan fingerprint density at radius 2 is 2.00 bits per heavy atom. The van der Waals surface area contributed by atoms with Crippen molar-refractivity contribution in [3.05, 3.63) is 44.9 Å². The van der Waals surface area contributed by atoms with Crippen LogP contribution in [0.15, 0.2) is 17.5 Å². The van der Waals surface area contributed by atoms with Crippen molar-refractivity contribution in [2.45, 2.75) is 33.7 Å². The molecule has 1 amide bonds. The van der Waals surface area contributed by atoms with Crippen molar-refractivity contribution in [3.63, 3.8) is 0 Å². The third-order valence-electron chi connectivity index (χ3n) is 4.54. The van der Waals surface area contributed by atoms with E-state index in [1.54, 1.807) is 46.9 Å². The molecule has 0 radical (unpaired) electrons. The molecular formula is C20H26N2O5S. The number of Topliss-reactive ketones (excluding diaryl/α,β-unsaturated/α-hetero) is 1. The molecule has 0 spiro atoms. The summed E-state index contributed by atoms with van der Waals surface area (Å²) in [6.07, 6.45) is 0. The maximum atomic E-state index is 13.3. The molecule has 0 aliphatic carbocycles. The zero-order valence-electron chi connectivity index (χ0n) is 16.8. The van der Waals surface area contributed by atoms with Crippen LogP contribution in [0.1, 0.15) is 55.6 Å². The van der Waals surface area contributed by atoms with Gasteiger partial charge in [-0.2, -0.15) is 0 Å². The minimum absolute atomic E-state index is 0.218. The van der Waals surface area contributed by atoms with Crippen molar-refractivity contribution in [1.29, 1.82) is 0 Å². The zero-order chi connectivity index (χ0) is 20.8. The summed E-state index contributed by atoms with van der Waals surface area (Å²) in [5, 5.41) is 1.82. The van der Waals surface area contributed by atoms with Gasteiger partial charge in [-0.1, -0.05) is 6.07 Å². The van der Waals surface area contributed by atoms with Crippen molar-refractivity contribution in [2.75, 3.05) is 26.9 Å². The number of aryl methyl sites for hydroxylation is 1. The monoisotopic (exact) mass is 406 g/mol. The summed E-state index contributed by atoms with van der Waals surface area (Å²) < 4.78 is 10.2. The van der Waals surface area contributed by atoms with Gasteiger partial charge in [-0.15, -0.1) is 11.3 Å². The quantitative estimate of drug-likeness (QED) is 0.510. The number of esters is 1. The largest absolute Gasteiger partial charge is 0.461 e. The molecule has 2 aromatic heterocycles. The fourth-order valence-electron chi connectivity index (χ4n) is 3.08. The molecule has 1 N–H and O–H groups in total. The first-order valence-corrected chi connectivity index (χ1v) is 9.95. The smallest absolute Gasteiger partial charge is 0.355 e. The van der Waals surface area contributed by atoms with Crippen molar-refractivity contribution in [2.24, 2.45) is 0 Å². The molecule has 2 rings (SSSR count). The number of aromatic nitrogens is 1. The maximum absolute atomic E-state index is 13.3. The number of amides is 1. The third kappa shape index (κ3) is 4.51. The van der Waals surface area contributed by atoms with Crippen LogP contribution in [0.2, 0.25) is 0 Å². The van der Waals surface area contributed by atoms with E-state index in [0.29, 0.717) is 28.3 Å². The lowest BCUT2D eigenvalue weighted by atomic mass is 9.99. The minimum Gasteiger partial charge on any atom is -0.461 e. The number of hydrogen-bond donors (Lipinski definition) is 1. The van der Waals surface area contributed by atoms with E-state index < -0.39 is 12.0 Å². The average Bonchev–Trinajstić information content (AvgIpc) is 3.29. The van der Waals surface area contributed by atoms with Crippen molar-refractivity contribution in [1.82, 2.24) is 9.88 Å². The fraction of sp³-hybridized carbons (Fsp3) is 0.450. The van der Waals surface area contributed by atoms with Crippen LogP contribution in [0.3, 0.4) is 0 Å². The topological polar surface area (TPSA) is 88.7 Å². The van der Waals surface area contributed by atoms with E-state index in [4.69, 9.17) is 9.47 Å². The van der Waals surface area contributed by atoms with Crippen LogP contribution in [0.4, 0.5) is 0 Å². The normalized spacial score (nSPS) is 11.9. The number of nitrogens with one attached hydrogen (secondary N) is 1. The number of H-pyrrole nitrogens is 1.